The van der Waals surface area contributed by atoms with Crippen LogP contribution in [0.5, 0.6) is 0 Å². The van der Waals surface area contributed by atoms with E-state index in [9.17, 15) is 8.42 Å². The van der Waals surface area contributed by atoms with Crippen LogP contribution in [0, 0.1) is 0 Å². The van der Waals surface area contributed by atoms with Gasteiger partial charge in [0.15, 0.2) is 5.84 Å². The van der Waals surface area contributed by atoms with Gasteiger partial charge in [-0.25, -0.2) is 8.42 Å². The smallest absolute Gasteiger partial charge is 0.246 e. The molecule has 0 amide bonds. The molecule has 0 spiro atoms. The minimum Gasteiger partial charge on any atom is -0.409 e. The fraction of sp³-hybridized carbons (Fsp3) is 0.444. The molecule has 3 N–H and O–H groups in total. The number of hydrogen-bond acceptors (Lipinski definition) is 5. The Morgan fingerprint density at radius 2 is 2.16 bits per heavy atom. The van der Waals surface area contributed by atoms with Crippen molar-refractivity contribution >= 4 is 50.4 Å². The maximum absolute atomic E-state index is 12.5. The molecule has 0 atom stereocenters. The molecular weight excluding hydrogens is 333 g/mol. The third kappa shape index (κ3) is 3.73. The Kier molecular flexibility index (Phi) is 5.45. The van der Waals surface area contributed by atoms with E-state index in [2.05, 4.69) is 5.16 Å². The van der Waals surface area contributed by atoms with E-state index in [1.54, 1.807) is 13.8 Å². The van der Waals surface area contributed by atoms with Crippen molar-refractivity contribution in [2.24, 2.45) is 10.9 Å². The number of hydrogen-bond donors (Lipinski definition) is 2. The van der Waals surface area contributed by atoms with Crippen LogP contribution in [-0.4, -0.2) is 36.4 Å². The molecule has 1 aromatic heterocycles. The molecule has 0 aliphatic carbocycles. The lowest BCUT2D eigenvalue weighted by Crippen LogP contribution is -2.42. The first-order valence-electron chi connectivity index (χ1n) is 5.13. The van der Waals surface area contributed by atoms with Crippen LogP contribution in [-0.2, 0) is 10.0 Å². The molecule has 1 aromatic rings. The highest BCUT2D eigenvalue weighted by atomic mass is 35.5. The van der Waals surface area contributed by atoms with E-state index in [4.69, 9.17) is 34.1 Å². The van der Waals surface area contributed by atoms with E-state index in [0.717, 1.165) is 15.6 Å². The van der Waals surface area contributed by atoms with Crippen LogP contribution >= 0.6 is 34.5 Å². The molecular formula is C9H13Cl2N3O3S2. The zero-order valence-corrected chi connectivity index (χ0v) is 13.3. The molecule has 0 saturated heterocycles. The van der Waals surface area contributed by atoms with Gasteiger partial charge in [-0.1, -0.05) is 28.4 Å². The monoisotopic (exact) mass is 345 g/mol. The highest BCUT2D eigenvalue weighted by molar-refractivity contribution is 7.89. The van der Waals surface area contributed by atoms with E-state index in [1.165, 1.54) is 6.07 Å². The highest BCUT2D eigenvalue weighted by Gasteiger charge is 2.31. The van der Waals surface area contributed by atoms with Crippen LogP contribution in [0.4, 0.5) is 0 Å². The maximum Gasteiger partial charge on any atom is 0.246 e. The van der Waals surface area contributed by atoms with Crippen molar-refractivity contribution in [1.29, 1.82) is 0 Å². The van der Waals surface area contributed by atoms with Gasteiger partial charge in [0.2, 0.25) is 10.0 Å². The van der Waals surface area contributed by atoms with Gasteiger partial charge in [0.1, 0.15) is 9.23 Å². The molecule has 10 heteroatoms. The van der Waals surface area contributed by atoms with Gasteiger partial charge < -0.3 is 10.9 Å². The topological polar surface area (TPSA) is 96.0 Å². The summed E-state index contributed by atoms with van der Waals surface area (Å²) in [7, 11) is -3.86. The summed E-state index contributed by atoms with van der Waals surface area (Å²) in [6.45, 7) is 3.11. The Balaban J connectivity index is 3.25. The first kappa shape index (κ1) is 16.5. The van der Waals surface area contributed by atoms with Crippen molar-refractivity contribution in [1.82, 2.24) is 4.31 Å². The standard InChI is InChI=1S/C9H13Cl2N3O3S2/c1-5(2)14(4-8(12)13-15)19(16,17)6-3-7(10)18-9(6)11/h3,5,15H,4H2,1-2H3,(H2,12,13). The van der Waals surface area contributed by atoms with Gasteiger partial charge in [0.25, 0.3) is 0 Å². The Labute approximate surface area is 125 Å². The van der Waals surface area contributed by atoms with E-state index < -0.39 is 10.0 Å². The zero-order chi connectivity index (χ0) is 14.8. The number of thiophene rings is 1. The van der Waals surface area contributed by atoms with Gasteiger partial charge in [-0.3, -0.25) is 0 Å². The summed E-state index contributed by atoms with van der Waals surface area (Å²) in [6.07, 6.45) is 0. The summed E-state index contributed by atoms with van der Waals surface area (Å²) in [5.41, 5.74) is 5.37. The number of halogens is 2. The summed E-state index contributed by atoms with van der Waals surface area (Å²) in [5.74, 6) is -0.213. The molecule has 1 heterocycles. The van der Waals surface area contributed by atoms with Crippen molar-refractivity contribution in [3.05, 3.63) is 14.7 Å². The van der Waals surface area contributed by atoms with Crippen molar-refractivity contribution in [2.45, 2.75) is 24.8 Å². The average molecular weight is 346 g/mol. The Bertz CT molecular complexity index is 584. The highest BCUT2D eigenvalue weighted by Crippen LogP contribution is 2.36. The maximum atomic E-state index is 12.5. The fourth-order valence-corrected chi connectivity index (χ4v) is 5.09. The third-order valence-corrected chi connectivity index (χ3v) is 6.01. The normalized spacial score (nSPS) is 13.5. The fourth-order valence-electron chi connectivity index (χ4n) is 1.36. The third-order valence-electron chi connectivity index (χ3n) is 2.23. The summed E-state index contributed by atoms with van der Waals surface area (Å²) in [5, 5.41) is 11.3. The summed E-state index contributed by atoms with van der Waals surface area (Å²) < 4.78 is 26.3. The molecule has 0 fully saturated rings. The molecule has 0 unspecified atom stereocenters. The first-order chi connectivity index (χ1) is 8.70. The molecule has 6 nitrogen and oxygen atoms in total. The predicted octanol–water partition coefficient (Wildman–Crippen LogP) is 2.20. The van der Waals surface area contributed by atoms with Gasteiger partial charge in [-0.05, 0) is 19.9 Å². The quantitative estimate of drug-likeness (QED) is 0.370. The van der Waals surface area contributed by atoms with Crippen LogP contribution < -0.4 is 5.73 Å². The molecule has 108 valence electrons. The number of nitrogens with two attached hydrogens (primary N) is 1. The summed E-state index contributed by atoms with van der Waals surface area (Å²) in [6, 6.07) is 0.894. The van der Waals surface area contributed by atoms with Gasteiger partial charge >= 0.3 is 0 Å². The Hall–Kier alpha value is -0.540. The largest absolute Gasteiger partial charge is 0.409 e. The number of nitrogens with zero attached hydrogens (tertiary/aromatic N) is 2. The molecule has 0 bridgehead atoms. The minimum absolute atomic E-state index is 0.0789. The molecule has 0 radical (unpaired) electrons. The van der Waals surface area contributed by atoms with Gasteiger partial charge in [0.05, 0.1) is 10.9 Å². The second-order valence-corrected chi connectivity index (χ2v) is 8.07. The van der Waals surface area contributed by atoms with Gasteiger partial charge in [-0.15, -0.1) is 11.3 Å². The second kappa shape index (κ2) is 6.27. The Morgan fingerprint density at radius 3 is 2.53 bits per heavy atom. The number of rotatable bonds is 5. The molecule has 19 heavy (non-hydrogen) atoms. The average Bonchev–Trinajstić information content (AvgIpc) is 2.65. The molecule has 0 aliphatic rings. The number of oxime groups is 1. The predicted molar refractivity (Wildman–Crippen MR) is 76.8 cm³/mol. The second-order valence-electron chi connectivity index (χ2n) is 3.92. The van der Waals surface area contributed by atoms with E-state index in [-0.39, 0.29) is 32.0 Å². The lowest BCUT2D eigenvalue weighted by atomic mass is 10.4. The van der Waals surface area contributed by atoms with Crippen molar-refractivity contribution in [3.63, 3.8) is 0 Å². The molecule has 0 aromatic carbocycles. The number of amidine groups is 1. The van der Waals surface area contributed by atoms with E-state index in [1.807, 2.05) is 0 Å². The van der Waals surface area contributed by atoms with Crippen LogP contribution in [0.3, 0.4) is 0 Å². The van der Waals surface area contributed by atoms with Crippen molar-refractivity contribution in [3.8, 4) is 0 Å². The van der Waals surface area contributed by atoms with Crippen LogP contribution in [0.1, 0.15) is 13.8 Å². The molecule has 0 saturated carbocycles. The summed E-state index contributed by atoms with van der Waals surface area (Å²) >= 11 is 12.6. The van der Waals surface area contributed by atoms with E-state index >= 15 is 0 Å². The van der Waals surface area contributed by atoms with Crippen LogP contribution in [0.25, 0.3) is 0 Å². The van der Waals surface area contributed by atoms with Crippen molar-refractivity contribution < 1.29 is 13.6 Å². The summed E-state index contributed by atoms with van der Waals surface area (Å²) in [4.78, 5) is -0.0800. The Morgan fingerprint density at radius 1 is 1.58 bits per heavy atom. The lowest BCUT2D eigenvalue weighted by Gasteiger charge is -2.24. The van der Waals surface area contributed by atoms with Gasteiger partial charge in [-0.2, -0.15) is 4.31 Å². The van der Waals surface area contributed by atoms with Gasteiger partial charge in [0, 0.05) is 6.04 Å². The first-order valence-corrected chi connectivity index (χ1v) is 8.14. The lowest BCUT2D eigenvalue weighted by molar-refractivity contribution is 0.312. The van der Waals surface area contributed by atoms with Crippen LogP contribution in [0.15, 0.2) is 16.1 Å². The molecule has 0 aliphatic heterocycles. The van der Waals surface area contributed by atoms with E-state index in [0.29, 0.717) is 0 Å². The van der Waals surface area contributed by atoms with Crippen LogP contribution in [0.2, 0.25) is 8.67 Å². The molecule has 1 rings (SSSR count). The zero-order valence-electron chi connectivity index (χ0n) is 10.2. The SMILES string of the molecule is CC(C)N(CC(N)=NO)S(=O)(=O)c1cc(Cl)sc1Cl. The van der Waals surface area contributed by atoms with Crippen molar-refractivity contribution in [2.75, 3.05) is 6.54 Å². The minimum atomic E-state index is -3.86. The number of sulfonamides is 1.